The third-order valence-corrected chi connectivity index (χ3v) is 3.25. The minimum Gasteiger partial charge on any atom is -0.480 e. The van der Waals surface area contributed by atoms with Gasteiger partial charge >= 0.3 is 12.0 Å². The highest BCUT2D eigenvalue weighted by atomic mass is 16.4. The van der Waals surface area contributed by atoms with Crippen molar-refractivity contribution in [1.29, 1.82) is 0 Å². The molecule has 98 valence electrons. The molecule has 0 aliphatic carbocycles. The van der Waals surface area contributed by atoms with Gasteiger partial charge in [-0.15, -0.1) is 0 Å². The molecule has 0 aromatic carbocycles. The van der Waals surface area contributed by atoms with Crippen LogP contribution in [0.2, 0.25) is 0 Å². The molecule has 1 aliphatic heterocycles. The van der Waals surface area contributed by atoms with Gasteiger partial charge in [0.25, 0.3) is 0 Å². The number of hydrogen-bond acceptors (Lipinski definition) is 2. The number of rotatable bonds is 4. The maximum Gasteiger partial charge on any atom is 0.326 e. The summed E-state index contributed by atoms with van der Waals surface area (Å²) in [6, 6.07) is -0.914. The number of amides is 2. The SMILES string of the molecule is CCCCNC(=O)N1CCCC(C)C1C(=O)O. The zero-order valence-electron chi connectivity index (χ0n) is 10.6. The quantitative estimate of drug-likeness (QED) is 0.737. The minimum atomic E-state index is -0.900. The van der Waals surface area contributed by atoms with Crippen molar-refractivity contribution in [3.63, 3.8) is 0 Å². The van der Waals surface area contributed by atoms with Gasteiger partial charge in [-0.25, -0.2) is 9.59 Å². The maximum absolute atomic E-state index is 11.9. The van der Waals surface area contributed by atoms with Crippen molar-refractivity contribution >= 4 is 12.0 Å². The Morgan fingerprint density at radius 3 is 2.76 bits per heavy atom. The van der Waals surface area contributed by atoms with E-state index in [2.05, 4.69) is 12.2 Å². The number of unbranched alkanes of at least 4 members (excludes halogenated alkanes) is 1. The molecule has 1 rings (SSSR count). The van der Waals surface area contributed by atoms with Gasteiger partial charge in [-0.2, -0.15) is 0 Å². The maximum atomic E-state index is 11.9. The first-order valence-corrected chi connectivity index (χ1v) is 6.35. The van der Waals surface area contributed by atoms with E-state index in [0.717, 1.165) is 25.7 Å². The molecule has 2 unspecified atom stereocenters. The molecular formula is C12H22N2O3. The van der Waals surface area contributed by atoms with Crippen molar-refractivity contribution in [2.75, 3.05) is 13.1 Å². The molecule has 1 saturated heterocycles. The highest BCUT2D eigenvalue weighted by Gasteiger charge is 2.36. The molecule has 0 aromatic rings. The van der Waals surface area contributed by atoms with E-state index in [4.69, 9.17) is 0 Å². The van der Waals surface area contributed by atoms with Crippen LogP contribution >= 0.6 is 0 Å². The van der Waals surface area contributed by atoms with Crippen molar-refractivity contribution in [1.82, 2.24) is 10.2 Å². The molecule has 0 radical (unpaired) electrons. The second-order valence-electron chi connectivity index (χ2n) is 4.68. The second kappa shape index (κ2) is 6.47. The minimum absolute atomic E-state index is 0.0261. The molecule has 2 atom stereocenters. The van der Waals surface area contributed by atoms with Crippen LogP contribution in [-0.4, -0.2) is 41.1 Å². The third kappa shape index (κ3) is 3.61. The number of nitrogens with one attached hydrogen (secondary N) is 1. The lowest BCUT2D eigenvalue weighted by Crippen LogP contribution is -2.55. The fourth-order valence-electron chi connectivity index (χ4n) is 2.27. The lowest BCUT2D eigenvalue weighted by atomic mass is 9.91. The highest BCUT2D eigenvalue weighted by Crippen LogP contribution is 2.23. The number of carboxylic acid groups (broad SMARTS) is 1. The third-order valence-electron chi connectivity index (χ3n) is 3.25. The fraction of sp³-hybridized carbons (Fsp3) is 0.833. The molecule has 5 heteroatoms. The van der Waals surface area contributed by atoms with E-state index in [9.17, 15) is 14.7 Å². The Labute approximate surface area is 102 Å². The van der Waals surface area contributed by atoms with Crippen LogP contribution in [0.5, 0.6) is 0 Å². The Bertz CT molecular complexity index is 281. The van der Waals surface area contributed by atoms with Crippen LogP contribution in [0.15, 0.2) is 0 Å². The van der Waals surface area contributed by atoms with Crippen molar-refractivity contribution in [3.05, 3.63) is 0 Å². The summed E-state index contributed by atoms with van der Waals surface area (Å²) in [4.78, 5) is 24.5. The van der Waals surface area contributed by atoms with Crippen molar-refractivity contribution in [3.8, 4) is 0 Å². The van der Waals surface area contributed by atoms with Gasteiger partial charge in [0.05, 0.1) is 0 Å². The van der Waals surface area contributed by atoms with E-state index in [1.165, 1.54) is 4.90 Å². The first-order chi connectivity index (χ1) is 8.07. The number of likely N-dealkylation sites (tertiary alicyclic amines) is 1. The number of aliphatic carboxylic acids is 1. The number of carbonyl (C=O) groups excluding carboxylic acids is 1. The second-order valence-corrected chi connectivity index (χ2v) is 4.68. The van der Waals surface area contributed by atoms with Crippen LogP contribution in [0.3, 0.4) is 0 Å². The van der Waals surface area contributed by atoms with Gasteiger partial charge in [-0.3, -0.25) is 0 Å². The van der Waals surface area contributed by atoms with E-state index < -0.39 is 12.0 Å². The van der Waals surface area contributed by atoms with Crippen molar-refractivity contribution in [2.45, 2.75) is 45.6 Å². The number of piperidine rings is 1. The van der Waals surface area contributed by atoms with E-state index >= 15 is 0 Å². The van der Waals surface area contributed by atoms with E-state index in [0.29, 0.717) is 13.1 Å². The molecule has 2 amide bonds. The summed E-state index contributed by atoms with van der Waals surface area (Å²) >= 11 is 0. The van der Waals surface area contributed by atoms with E-state index in [-0.39, 0.29) is 11.9 Å². The molecule has 0 spiro atoms. The Hall–Kier alpha value is -1.26. The fourth-order valence-corrected chi connectivity index (χ4v) is 2.27. The average Bonchev–Trinajstić information content (AvgIpc) is 2.28. The molecule has 1 fully saturated rings. The first-order valence-electron chi connectivity index (χ1n) is 6.35. The molecule has 0 bridgehead atoms. The summed E-state index contributed by atoms with van der Waals surface area (Å²) in [7, 11) is 0. The van der Waals surface area contributed by atoms with Gasteiger partial charge in [0.1, 0.15) is 6.04 Å². The number of nitrogens with zero attached hydrogens (tertiary/aromatic N) is 1. The van der Waals surface area contributed by atoms with E-state index in [1.807, 2.05) is 6.92 Å². The number of hydrogen-bond donors (Lipinski definition) is 2. The van der Waals surface area contributed by atoms with Gasteiger partial charge in [0.15, 0.2) is 0 Å². The Balaban J connectivity index is 2.59. The normalized spacial score (nSPS) is 24.5. The van der Waals surface area contributed by atoms with Crippen molar-refractivity contribution in [2.24, 2.45) is 5.92 Å². The predicted molar refractivity (Wildman–Crippen MR) is 64.8 cm³/mol. The molecule has 1 aliphatic rings. The lowest BCUT2D eigenvalue weighted by molar-refractivity contribution is -0.145. The average molecular weight is 242 g/mol. The van der Waals surface area contributed by atoms with Crippen molar-refractivity contribution < 1.29 is 14.7 Å². The monoisotopic (exact) mass is 242 g/mol. The topological polar surface area (TPSA) is 69.6 Å². The summed E-state index contributed by atoms with van der Waals surface area (Å²) in [5, 5.41) is 12.0. The van der Waals surface area contributed by atoms with E-state index in [1.54, 1.807) is 0 Å². The predicted octanol–water partition coefficient (Wildman–Crippen LogP) is 1.68. The Morgan fingerprint density at radius 2 is 2.18 bits per heavy atom. The zero-order chi connectivity index (χ0) is 12.8. The largest absolute Gasteiger partial charge is 0.480 e. The highest BCUT2D eigenvalue weighted by molar-refractivity contribution is 5.83. The number of carboxylic acids is 1. The molecular weight excluding hydrogens is 220 g/mol. The molecule has 0 saturated carbocycles. The zero-order valence-corrected chi connectivity index (χ0v) is 10.6. The van der Waals surface area contributed by atoms with Crippen LogP contribution in [0.1, 0.15) is 39.5 Å². The number of carbonyl (C=O) groups is 2. The Kier molecular flexibility index (Phi) is 5.25. The van der Waals surface area contributed by atoms with Gasteiger partial charge in [-0.05, 0) is 25.2 Å². The summed E-state index contributed by atoms with van der Waals surface area (Å²) in [5.41, 5.74) is 0. The van der Waals surface area contributed by atoms with Gasteiger partial charge in [-0.1, -0.05) is 20.3 Å². The van der Waals surface area contributed by atoms with Crippen LogP contribution in [-0.2, 0) is 4.79 Å². The Morgan fingerprint density at radius 1 is 1.47 bits per heavy atom. The molecule has 17 heavy (non-hydrogen) atoms. The van der Waals surface area contributed by atoms with Crippen LogP contribution < -0.4 is 5.32 Å². The molecule has 0 aromatic heterocycles. The first kappa shape index (κ1) is 13.8. The van der Waals surface area contributed by atoms with Gasteiger partial charge in [0, 0.05) is 13.1 Å². The van der Waals surface area contributed by atoms with Gasteiger partial charge in [0.2, 0.25) is 0 Å². The van der Waals surface area contributed by atoms with Crippen LogP contribution in [0.25, 0.3) is 0 Å². The molecule has 1 heterocycles. The summed E-state index contributed by atoms with van der Waals surface area (Å²) in [6.07, 6.45) is 3.69. The number of urea groups is 1. The summed E-state index contributed by atoms with van der Waals surface area (Å²) in [5.74, 6) is -0.874. The molecule has 2 N–H and O–H groups in total. The summed E-state index contributed by atoms with van der Waals surface area (Å²) in [6.45, 7) is 5.10. The summed E-state index contributed by atoms with van der Waals surface area (Å²) < 4.78 is 0. The standard InChI is InChI=1S/C12H22N2O3/c1-3-4-7-13-12(17)14-8-5-6-9(2)10(14)11(15)16/h9-10H,3-8H2,1-2H3,(H,13,17)(H,15,16). The van der Waals surface area contributed by atoms with Gasteiger partial charge < -0.3 is 15.3 Å². The molecule has 5 nitrogen and oxygen atoms in total. The lowest BCUT2D eigenvalue weighted by Gasteiger charge is -2.37. The van der Waals surface area contributed by atoms with Crippen LogP contribution in [0, 0.1) is 5.92 Å². The smallest absolute Gasteiger partial charge is 0.326 e. The van der Waals surface area contributed by atoms with Crippen LogP contribution in [0.4, 0.5) is 4.79 Å².